The molecule has 4 heteroatoms. The molecule has 0 aromatic heterocycles. The van der Waals surface area contributed by atoms with Gasteiger partial charge in [-0.1, -0.05) is 30.7 Å². The molecule has 0 unspecified atom stereocenters. The van der Waals surface area contributed by atoms with E-state index in [4.69, 9.17) is 0 Å². The Morgan fingerprint density at radius 2 is 1.89 bits per heavy atom. The third-order valence-corrected chi connectivity index (χ3v) is 6.15. The first-order chi connectivity index (χ1) is 9.00. The average Bonchev–Trinajstić information content (AvgIpc) is 2.93. The van der Waals surface area contributed by atoms with Gasteiger partial charge >= 0.3 is 0 Å². The maximum Gasteiger partial charge on any atom is 0.264 e. The summed E-state index contributed by atoms with van der Waals surface area (Å²) in [4.78, 5) is 0.402. The second-order valence-corrected chi connectivity index (χ2v) is 7.49. The lowest BCUT2D eigenvalue weighted by Crippen LogP contribution is -2.27. The summed E-state index contributed by atoms with van der Waals surface area (Å²) >= 11 is 0. The minimum absolute atomic E-state index is 0.402. The van der Waals surface area contributed by atoms with Crippen molar-refractivity contribution in [3.05, 3.63) is 41.6 Å². The first-order valence-corrected chi connectivity index (χ1v) is 8.23. The standard InChI is InChI=1S/C15H19NO2S/c1-11-3-6-13(7-4-11)19(17,18)16-10-9-14-12(2)5-8-15(14)16/h3-4,6-8,12,14H,5,9-10H2,1-2H3/t12-,14-/m1/s1. The first-order valence-electron chi connectivity index (χ1n) is 6.79. The maximum atomic E-state index is 12.7. The molecule has 19 heavy (non-hydrogen) atoms. The average molecular weight is 277 g/mol. The zero-order valence-corrected chi connectivity index (χ0v) is 12.2. The highest BCUT2D eigenvalue weighted by Crippen LogP contribution is 2.43. The lowest BCUT2D eigenvalue weighted by atomic mass is 9.95. The number of benzene rings is 1. The van der Waals surface area contributed by atoms with Crippen LogP contribution in [-0.4, -0.2) is 19.3 Å². The molecule has 102 valence electrons. The number of nitrogens with zero attached hydrogens (tertiary/aromatic N) is 1. The second-order valence-electron chi connectivity index (χ2n) is 5.63. The molecule has 3 rings (SSSR count). The van der Waals surface area contributed by atoms with Gasteiger partial charge in [-0.05, 0) is 37.8 Å². The van der Waals surface area contributed by atoms with Crippen molar-refractivity contribution in [2.45, 2.75) is 31.6 Å². The lowest BCUT2D eigenvalue weighted by molar-refractivity contribution is 0.455. The molecule has 2 atom stereocenters. The molecule has 3 nitrogen and oxygen atoms in total. The zero-order chi connectivity index (χ0) is 13.6. The molecular formula is C15H19NO2S. The number of aryl methyl sites for hydroxylation is 1. The molecule has 0 saturated carbocycles. The van der Waals surface area contributed by atoms with Crippen LogP contribution in [0.15, 0.2) is 40.9 Å². The van der Waals surface area contributed by atoms with Gasteiger partial charge in [-0.3, -0.25) is 4.31 Å². The van der Waals surface area contributed by atoms with Crippen molar-refractivity contribution in [2.75, 3.05) is 6.54 Å². The Kier molecular flexibility index (Phi) is 2.93. The molecule has 0 amide bonds. The molecule has 1 aliphatic carbocycles. The SMILES string of the molecule is Cc1ccc(S(=O)(=O)N2CC[C@H]3C2=CC[C@H]3C)cc1. The first kappa shape index (κ1) is 12.7. The Morgan fingerprint density at radius 3 is 2.58 bits per heavy atom. The number of allylic oxidation sites excluding steroid dienone is 2. The largest absolute Gasteiger partial charge is 0.270 e. The topological polar surface area (TPSA) is 37.4 Å². The summed E-state index contributed by atoms with van der Waals surface area (Å²) in [7, 11) is -3.37. The van der Waals surface area contributed by atoms with Crippen molar-refractivity contribution in [3.8, 4) is 0 Å². The van der Waals surface area contributed by atoms with Crippen LogP contribution in [0.5, 0.6) is 0 Å². The minimum atomic E-state index is -3.37. The molecule has 1 aliphatic heterocycles. The van der Waals surface area contributed by atoms with E-state index in [1.807, 2.05) is 19.1 Å². The van der Waals surface area contributed by atoms with E-state index in [1.54, 1.807) is 16.4 Å². The smallest absolute Gasteiger partial charge is 0.264 e. The third kappa shape index (κ3) is 1.98. The number of fused-ring (bicyclic) bond motifs is 1. The number of rotatable bonds is 2. The highest BCUT2D eigenvalue weighted by Gasteiger charge is 2.40. The van der Waals surface area contributed by atoms with Crippen LogP contribution in [-0.2, 0) is 10.0 Å². The van der Waals surface area contributed by atoms with Crippen molar-refractivity contribution < 1.29 is 8.42 Å². The van der Waals surface area contributed by atoms with Gasteiger partial charge in [-0.15, -0.1) is 0 Å². The summed E-state index contributed by atoms with van der Waals surface area (Å²) in [5, 5.41) is 0. The number of hydrogen-bond acceptors (Lipinski definition) is 2. The van der Waals surface area contributed by atoms with Crippen LogP contribution in [0.2, 0.25) is 0 Å². The van der Waals surface area contributed by atoms with E-state index in [1.165, 1.54) is 0 Å². The summed E-state index contributed by atoms with van der Waals surface area (Å²) < 4.78 is 27.0. The van der Waals surface area contributed by atoms with Crippen LogP contribution in [0.1, 0.15) is 25.3 Å². The van der Waals surface area contributed by atoms with Gasteiger partial charge in [-0.25, -0.2) is 8.42 Å². The Balaban J connectivity index is 1.96. The fraction of sp³-hybridized carbons (Fsp3) is 0.467. The van der Waals surface area contributed by atoms with Crippen molar-refractivity contribution in [1.29, 1.82) is 0 Å². The van der Waals surface area contributed by atoms with Gasteiger partial charge in [-0.2, -0.15) is 0 Å². The van der Waals surface area contributed by atoms with E-state index in [9.17, 15) is 8.42 Å². The molecule has 1 aromatic rings. The molecule has 0 N–H and O–H groups in total. The highest BCUT2D eigenvalue weighted by atomic mass is 32.2. The van der Waals surface area contributed by atoms with Crippen LogP contribution in [0, 0.1) is 18.8 Å². The highest BCUT2D eigenvalue weighted by molar-refractivity contribution is 7.89. The monoisotopic (exact) mass is 277 g/mol. The van der Waals surface area contributed by atoms with Gasteiger partial charge in [0.25, 0.3) is 10.0 Å². The van der Waals surface area contributed by atoms with Crippen LogP contribution >= 0.6 is 0 Å². The molecule has 1 saturated heterocycles. The van der Waals surface area contributed by atoms with Gasteiger partial charge in [0.05, 0.1) is 4.90 Å². The molecule has 1 fully saturated rings. The van der Waals surface area contributed by atoms with Crippen LogP contribution in [0.3, 0.4) is 0 Å². The van der Waals surface area contributed by atoms with Gasteiger partial charge in [0.1, 0.15) is 0 Å². The molecule has 1 heterocycles. The Morgan fingerprint density at radius 1 is 1.21 bits per heavy atom. The van der Waals surface area contributed by atoms with Crippen molar-refractivity contribution >= 4 is 10.0 Å². The normalized spacial score (nSPS) is 26.4. The van der Waals surface area contributed by atoms with Gasteiger partial charge in [0.2, 0.25) is 0 Å². The quantitative estimate of drug-likeness (QED) is 0.833. The summed E-state index contributed by atoms with van der Waals surface area (Å²) in [6.07, 6.45) is 4.06. The fourth-order valence-electron chi connectivity index (χ4n) is 3.11. The van der Waals surface area contributed by atoms with Gasteiger partial charge in [0.15, 0.2) is 0 Å². The summed E-state index contributed by atoms with van der Waals surface area (Å²) in [5.41, 5.74) is 2.10. The molecule has 1 aromatic carbocycles. The van der Waals surface area contributed by atoms with E-state index in [0.717, 1.165) is 24.1 Å². The van der Waals surface area contributed by atoms with Crippen LogP contribution in [0.4, 0.5) is 0 Å². The second kappa shape index (κ2) is 4.37. The summed E-state index contributed by atoms with van der Waals surface area (Å²) in [6, 6.07) is 7.12. The van der Waals surface area contributed by atoms with E-state index >= 15 is 0 Å². The molecule has 0 radical (unpaired) electrons. The summed E-state index contributed by atoms with van der Waals surface area (Å²) in [6.45, 7) is 4.79. The fourth-order valence-corrected chi connectivity index (χ4v) is 4.68. The van der Waals surface area contributed by atoms with Crippen molar-refractivity contribution in [1.82, 2.24) is 4.31 Å². The Bertz CT molecular complexity index is 616. The maximum absolute atomic E-state index is 12.7. The van der Waals surface area contributed by atoms with Gasteiger partial charge < -0.3 is 0 Å². The van der Waals surface area contributed by atoms with Crippen LogP contribution in [0.25, 0.3) is 0 Å². The minimum Gasteiger partial charge on any atom is -0.270 e. The Hall–Kier alpha value is -1.29. The predicted molar refractivity (Wildman–Crippen MR) is 75.0 cm³/mol. The zero-order valence-electron chi connectivity index (χ0n) is 11.3. The number of hydrogen-bond donors (Lipinski definition) is 0. The van der Waals surface area contributed by atoms with Crippen molar-refractivity contribution in [2.24, 2.45) is 11.8 Å². The van der Waals surface area contributed by atoms with Gasteiger partial charge in [0, 0.05) is 18.2 Å². The van der Waals surface area contributed by atoms with E-state index in [2.05, 4.69) is 13.0 Å². The van der Waals surface area contributed by atoms with Crippen molar-refractivity contribution in [3.63, 3.8) is 0 Å². The third-order valence-electron chi connectivity index (χ3n) is 4.31. The van der Waals surface area contributed by atoms with E-state index in [0.29, 0.717) is 23.3 Å². The molecular weight excluding hydrogens is 258 g/mol. The number of sulfonamides is 1. The Labute approximate surface area is 115 Å². The predicted octanol–water partition coefficient (Wildman–Crippen LogP) is 2.93. The molecule has 2 aliphatic rings. The molecule has 0 bridgehead atoms. The van der Waals surface area contributed by atoms with E-state index in [-0.39, 0.29) is 0 Å². The lowest BCUT2D eigenvalue weighted by Gasteiger charge is -2.20. The van der Waals surface area contributed by atoms with Crippen LogP contribution < -0.4 is 0 Å². The molecule has 0 spiro atoms. The summed E-state index contributed by atoms with van der Waals surface area (Å²) in [5.74, 6) is 1.01. The van der Waals surface area contributed by atoms with E-state index < -0.39 is 10.0 Å².